The fraction of sp³-hybridized carbons (Fsp3) is 0.385. The van der Waals surface area contributed by atoms with Crippen molar-refractivity contribution in [2.75, 3.05) is 6.54 Å². The van der Waals surface area contributed by atoms with Crippen molar-refractivity contribution >= 4 is 35.1 Å². The second-order valence-electron chi connectivity index (χ2n) is 4.45. The van der Waals surface area contributed by atoms with E-state index in [9.17, 15) is 14.7 Å². The third kappa shape index (κ3) is 2.85. The van der Waals surface area contributed by atoms with Gasteiger partial charge < -0.3 is 10.0 Å². The molecular formula is C13H13Cl2NO3. The summed E-state index contributed by atoms with van der Waals surface area (Å²) in [6.45, 7) is 0.429. The van der Waals surface area contributed by atoms with Gasteiger partial charge in [0.15, 0.2) is 0 Å². The Morgan fingerprint density at radius 3 is 2.68 bits per heavy atom. The number of carboxylic acid groups (broad SMARTS) is 1. The van der Waals surface area contributed by atoms with Gasteiger partial charge in [0.1, 0.15) is 6.04 Å². The van der Waals surface area contributed by atoms with E-state index in [0.29, 0.717) is 13.0 Å². The normalized spacial score (nSPS) is 19.3. The fourth-order valence-corrected chi connectivity index (χ4v) is 2.64. The summed E-state index contributed by atoms with van der Waals surface area (Å²) < 4.78 is 0. The lowest BCUT2D eigenvalue weighted by molar-refractivity contribution is -0.143. The third-order valence-corrected chi connectivity index (χ3v) is 4.05. The van der Waals surface area contributed by atoms with Crippen molar-refractivity contribution in [3.05, 3.63) is 33.8 Å². The van der Waals surface area contributed by atoms with E-state index >= 15 is 0 Å². The molecule has 1 aromatic carbocycles. The minimum atomic E-state index is -0.980. The van der Waals surface area contributed by atoms with Gasteiger partial charge in [-0.05, 0) is 31.4 Å². The second-order valence-corrected chi connectivity index (χ2v) is 5.23. The summed E-state index contributed by atoms with van der Waals surface area (Å²) >= 11 is 11.9. The number of carboxylic acids is 1. The molecule has 102 valence electrons. The van der Waals surface area contributed by atoms with Gasteiger partial charge in [-0.1, -0.05) is 29.3 Å². The molecule has 0 aromatic heterocycles. The zero-order chi connectivity index (χ0) is 14.0. The highest BCUT2D eigenvalue weighted by atomic mass is 35.5. The largest absolute Gasteiger partial charge is 0.480 e. The zero-order valence-electron chi connectivity index (χ0n) is 10.1. The van der Waals surface area contributed by atoms with E-state index in [0.717, 1.165) is 12.8 Å². The quantitative estimate of drug-likeness (QED) is 0.913. The summed E-state index contributed by atoms with van der Waals surface area (Å²) in [5.74, 6) is -1.36. The van der Waals surface area contributed by atoms with Gasteiger partial charge in [-0.15, -0.1) is 0 Å². The highest BCUT2D eigenvalue weighted by Gasteiger charge is 2.33. The van der Waals surface area contributed by atoms with Gasteiger partial charge in [-0.25, -0.2) is 4.79 Å². The van der Waals surface area contributed by atoms with E-state index in [1.54, 1.807) is 18.2 Å². The molecule has 1 aliphatic rings. The number of nitrogens with zero attached hydrogens (tertiary/aromatic N) is 1. The third-order valence-electron chi connectivity index (χ3n) is 3.23. The zero-order valence-corrected chi connectivity index (χ0v) is 11.6. The van der Waals surface area contributed by atoms with Crippen molar-refractivity contribution in [2.45, 2.75) is 25.3 Å². The topological polar surface area (TPSA) is 57.6 Å². The maximum absolute atomic E-state index is 12.4. The predicted octanol–water partition coefficient (Wildman–Crippen LogP) is 3.07. The van der Waals surface area contributed by atoms with Crippen LogP contribution in [0.3, 0.4) is 0 Å². The maximum Gasteiger partial charge on any atom is 0.326 e. The van der Waals surface area contributed by atoms with Gasteiger partial charge in [0.2, 0.25) is 0 Å². The van der Waals surface area contributed by atoms with Gasteiger partial charge in [0.25, 0.3) is 5.91 Å². The molecule has 1 atom stereocenters. The first-order chi connectivity index (χ1) is 9.02. The smallest absolute Gasteiger partial charge is 0.326 e. The Bertz CT molecular complexity index is 519. The monoisotopic (exact) mass is 301 g/mol. The first-order valence-corrected chi connectivity index (χ1v) is 6.75. The van der Waals surface area contributed by atoms with E-state index in [4.69, 9.17) is 23.2 Å². The number of hydrogen-bond donors (Lipinski definition) is 1. The average Bonchev–Trinajstić information content (AvgIpc) is 2.41. The number of amides is 1. The summed E-state index contributed by atoms with van der Waals surface area (Å²) in [4.78, 5) is 25.0. The molecule has 0 radical (unpaired) electrons. The SMILES string of the molecule is O=C(O)C1CCCCN1C(=O)c1cccc(Cl)c1Cl. The molecule has 0 aliphatic carbocycles. The Kier molecular flexibility index (Phi) is 4.32. The second kappa shape index (κ2) is 5.80. The standard InChI is InChI=1S/C13H13Cl2NO3/c14-9-5-3-4-8(11(9)15)12(17)16-7-2-1-6-10(16)13(18)19/h3-5,10H,1-2,6-7H2,(H,18,19). The number of benzene rings is 1. The minimum absolute atomic E-state index is 0.170. The molecule has 1 amide bonds. The van der Waals surface area contributed by atoms with Crippen LogP contribution in [0.5, 0.6) is 0 Å². The fourth-order valence-electron chi connectivity index (χ4n) is 2.26. The number of piperidine rings is 1. The van der Waals surface area contributed by atoms with E-state index in [2.05, 4.69) is 0 Å². The van der Waals surface area contributed by atoms with Gasteiger partial charge in [0, 0.05) is 6.54 Å². The molecule has 1 fully saturated rings. The summed E-state index contributed by atoms with van der Waals surface area (Å²) in [7, 11) is 0. The van der Waals surface area contributed by atoms with Gasteiger partial charge in [0.05, 0.1) is 15.6 Å². The van der Waals surface area contributed by atoms with Crippen molar-refractivity contribution in [1.29, 1.82) is 0 Å². The molecule has 1 saturated heterocycles. The Morgan fingerprint density at radius 1 is 1.26 bits per heavy atom. The van der Waals surface area contributed by atoms with Crippen LogP contribution in [0.4, 0.5) is 0 Å². The van der Waals surface area contributed by atoms with Crippen molar-refractivity contribution < 1.29 is 14.7 Å². The van der Waals surface area contributed by atoms with E-state index in [1.807, 2.05) is 0 Å². The summed E-state index contributed by atoms with van der Waals surface area (Å²) in [5, 5.41) is 9.63. The first-order valence-electron chi connectivity index (χ1n) is 6.00. The predicted molar refractivity (Wildman–Crippen MR) is 72.8 cm³/mol. The lowest BCUT2D eigenvalue weighted by Gasteiger charge is -2.33. The molecule has 1 unspecified atom stereocenters. The number of carbonyl (C=O) groups is 2. The van der Waals surface area contributed by atoms with Crippen molar-refractivity contribution in [3.63, 3.8) is 0 Å². The van der Waals surface area contributed by atoms with Gasteiger partial charge in [-0.2, -0.15) is 0 Å². The van der Waals surface area contributed by atoms with Gasteiger partial charge >= 0.3 is 5.97 Å². The Balaban J connectivity index is 2.31. The van der Waals surface area contributed by atoms with Crippen LogP contribution in [-0.2, 0) is 4.79 Å². The molecule has 1 N–H and O–H groups in total. The number of likely N-dealkylation sites (tertiary alicyclic amines) is 1. The number of hydrogen-bond acceptors (Lipinski definition) is 2. The van der Waals surface area contributed by atoms with Crippen LogP contribution in [0.2, 0.25) is 10.0 Å². The van der Waals surface area contributed by atoms with Crippen LogP contribution in [0.15, 0.2) is 18.2 Å². The van der Waals surface area contributed by atoms with Crippen LogP contribution in [-0.4, -0.2) is 34.5 Å². The Morgan fingerprint density at radius 2 is 2.00 bits per heavy atom. The molecule has 0 saturated carbocycles. The van der Waals surface area contributed by atoms with Gasteiger partial charge in [-0.3, -0.25) is 4.79 Å². The lowest BCUT2D eigenvalue weighted by Crippen LogP contribution is -2.48. The summed E-state index contributed by atoms with van der Waals surface area (Å²) in [6, 6.07) is 3.99. The molecule has 1 heterocycles. The van der Waals surface area contributed by atoms with Crippen molar-refractivity contribution in [3.8, 4) is 0 Å². The Hall–Kier alpha value is -1.26. The Labute approximate surface area is 120 Å². The van der Waals surface area contributed by atoms with Crippen LogP contribution < -0.4 is 0 Å². The molecule has 0 spiro atoms. The highest BCUT2D eigenvalue weighted by molar-refractivity contribution is 6.43. The van der Waals surface area contributed by atoms with Crippen LogP contribution >= 0.6 is 23.2 Å². The molecule has 0 bridgehead atoms. The number of halogens is 2. The van der Waals surface area contributed by atoms with Crippen LogP contribution in [0.1, 0.15) is 29.6 Å². The molecule has 2 rings (SSSR count). The number of rotatable bonds is 2. The van der Waals surface area contributed by atoms with Crippen LogP contribution in [0, 0.1) is 0 Å². The number of carbonyl (C=O) groups excluding carboxylic acids is 1. The number of aliphatic carboxylic acids is 1. The molecular weight excluding hydrogens is 289 g/mol. The lowest BCUT2D eigenvalue weighted by atomic mass is 10.0. The van der Waals surface area contributed by atoms with E-state index in [1.165, 1.54) is 4.90 Å². The summed E-state index contributed by atoms with van der Waals surface area (Å²) in [6.07, 6.45) is 2.08. The van der Waals surface area contributed by atoms with Crippen molar-refractivity contribution in [1.82, 2.24) is 4.90 Å². The van der Waals surface area contributed by atoms with E-state index in [-0.39, 0.29) is 21.5 Å². The van der Waals surface area contributed by atoms with Crippen LogP contribution in [0.25, 0.3) is 0 Å². The minimum Gasteiger partial charge on any atom is -0.480 e. The molecule has 1 aliphatic heterocycles. The highest BCUT2D eigenvalue weighted by Crippen LogP contribution is 2.28. The maximum atomic E-state index is 12.4. The summed E-state index contributed by atoms with van der Waals surface area (Å²) in [5.41, 5.74) is 0.252. The average molecular weight is 302 g/mol. The van der Waals surface area contributed by atoms with Crippen molar-refractivity contribution in [2.24, 2.45) is 0 Å². The first kappa shape index (κ1) is 14.2. The van der Waals surface area contributed by atoms with E-state index < -0.39 is 12.0 Å². The molecule has 4 nitrogen and oxygen atoms in total. The molecule has 19 heavy (non-hydrogen) atoms. The molecule has 1 aromatic rings. The molecule has 6 heteroatoms.